The van der Waals surface area contributed by atoms with Gasteiger partial charge in [0.25, 0.3) is 11.8 Å². The molecule has 2 heterocycles. The second kappa shape index (κ2) is 5.00. The number of hydrogen-bond acceptors (Lipinski definition) is 6. The summed E-state index contributed by atoms with van der Waals surface area (Å²) in [5.41, 5.74) is 4.34. The Balaban J connectivity index is 2.25. The monoisotopic (exact) mass is 280 g/mol. The summed E-state index contributed by atoms with van der Waals surface area (Å²) in [4.78, 5) is 36.8. The first kappa shape index (κ1) is 14.1. The van der Waals surface area contributed by atoms with Gasteiger partial charge >= 0.3 is 0 Å². The molecule has 1 aliphatic rings. The maximum atomic E-state index is 12.4. The van der Waals surface area contributed by atoms with Gasteiger partial charge < -0.3 is 10.6 Å². The summed E-state index contributed by atoms with van der Waals surface area (Å²) in [5.74, 6) is -1.55. The van der Waals surface area contributed by atoms with Crippen molar-refractivity contribution in [3.8, 4) is 0 Å². The predicted molar refractivity (Wildman–Crippen MR) is 67.3 cm³/mol. The number of piperazine rings is 1. The molecule has 0 spiro atoms. The first-order chi connectivity index (χ1) is 9.36. The molecule has 3 N–H and O–H groups in total. The van der Waals surface area contributed by atoms with Crippen molar-refractivity contribution >= 4 is 17.7 Å². The molecule has 0 bridgehead atoms. The Morgan fingerprint density at radius 2 is 2.20 bits per heavy atom. The van der Waals surface area contributed by atoms with Crippen molar-refractivity contribution in [2.24, 2.45) is 5.73 Å². The highest BCUT2D eigenvalue weighted by Gasteiger charge is 2.44. The first-order valence-electron chi connectivity index (χ1n) is 6.12. The maximum absolute atomic E-state index is 12.4. The average molecular weight is 280 g/mol. The Kier molecular flexibility index (Phi) is 3.53. The molecule has 108 valence electrons. The number of rotatable bonds is 3. The van der Waals surface area contributed by atoms with Crippen LogP contribution in [0.5, 0.6) is 0 Å². The van der Waals surface area contributed by atoms with E-state index in [4.69, 9.17) is 5.73 Å². The van der Waals surface area contributed by atoms with Crippen LogP contribution in [-0.2, 0) is 16.1 Å². The van der Waals surface area contributed by atoms with E-state index >= 15 is 0 Å². The summed E-state index contributed by atoms with van der Waals surface area (Å²) in [5, 5.41) is 9.71. The highest BCUT2D eigenvalue weighted by Crippen LogP contribution is 2.20. The molecule has 1 saturated heterocycles. The molecule has 1 aromatic heterocycles. The van der Waals surface area contributed by atoms with Crippen molar-refractivity contribution in [1.29, 1.82) is 0 Å². The van der Waals surface area contributed by atoms with Crippen molar-refractivity contribution < 1.29 is 14.4 Å². The largest absolute Gasteiger partial charge is 0.329 e. The summed E-state index contributed by atoms with van der Waals surface area (Å²) < 4.78 is 1.44. The lowest BCUT2D eigenvalue weighted by Crippen LogP contribution is -2.65. The summed E-state index contributed by atoms with van der Waals surface area (Å²) in [7, 11) is 0. The highest BCUT2D eigenvalue weighted by atomic mass is 16.2. The van der Waals surface area contributed by atoms with Crippen LogP contribution < -0.4 is 11.1 Å². The van der Waals surface area contributed by atoms with Crippen LogP contribution in [0.15, 0.2) is 6.20 Å². The minimum atomic E-state index is -1.12. The van der Waals surface area contributed by atoms with Gasteiger partial charge in [-0.05, 0) is 13.8 Å². The predicted octanol–water partition coefficient (Wildman–Crippen LogP) is -1.89. The lowest BCUT2D eigenvalue weighted by atomic mass is 9.98. The van der Waals surface area contributed by atoms with Gasteiger partial charge in [0.1, 0.15) is 12.1 Å². The van der Waals surface area contributed by atoms with Gasteiger partial charge in [-0.25, -0.2) is 0 Å². The standard InChI is InChI=1S/C11H16N6O3/c1-11(2)10(20)13-8(18)6-17(11)9(19)7-5-16(4-3-12)15-14-7/h5H,3-4,6,12H2,1-2H3,(H,13,18,20). The topological polar surface area (TPSA) is 123 Å². The van der Waals surface area contributed by atoms with Crippen molar-refractivity contribution in [3.05, 3.63) is 11.9 Å². The fourth-order valence-corrected chi connectivity index (χ4v) is 1.88. The first-order valence-corrected chi connectivity index (χ1v) is 6.12. The smallest absolute Gasteiger partial charge is 0.277 e. The van der Waals surface area contributed by atoms with Crippen LogP contribution in [0, 0.1) is 0 Å². The number of nitrogens with two attached hydrogens (primary N) is 1. The Bertz CT molecular complexity index is 564. The molecule has 1 aromatic rings. The Labute approximate surface area is 115 Å². The summed E-state index contributed by atoms with van der Waals surface area (Å²) >= 11 is 0. The van der Waals surface area contributed by atoms with Crippen LogP contribution in [0.25, 0.3) is 0 Å². The summed E-state index contributed by atoms with van der Waals surface area (Å²) in [6.45, 7) is 3.74. The molecular weight excluding hydrogens is 264 g/mol. The maximum Gasteiger partial charge on any atom is 0.277 e. The van der Waals surface area contributed by atoms with Crippen LogP contribution in [0.1, 0.15) is 24.3 Å². The van der Waals surface area contributed by atoms with Crippen LogP contribution in [-0.4, -0.2) is 56.2 Å². The summed E-state index contributed by atoms with van der Waals surface area (Å²) in [6.07, 6.45) is 1.45. The third-order valence-electron chi connectivity index (χ3n) is 3.15. The molecule has 1 aliphatic heterocycles. The minimum absolute atomic E-state index is 0.0778. The number of imide groups is 1. The fourth-order valence-electron chi connectivity index (χ4n) is 1.88. The van der Waals surface area contributed by atoms with Gasteiger partial charge in [-0.15, -0.1) is 5.10 Å². The molecule has 0 radical (unpaired) electrons. The van der Waals surface area contributed by atoms with Crippen LogP contribution in [0.3, 0.4) is 0 Å². The zero-order valence-corrected chi connectivity index (χ0v) is 11.3. The molecule has 0 aromatic carbocycles. The Morgan fingerprint density at radius 1 is 1.50 bits per heavy atom. The third-order valence-corrected chi connectivity index (χ3v) is 3.15. The van der Waals surface area contributed by atoms with E-state index in [1.807, 2.05) is 0 Å². The van der Waals surface area contributed by atoms with Gasteiger partial charge in [0.05, 0.1) is 12.7 Å². The molecule has 9 nitrogen and oxygen atoms in total. The van der Waals surface area contributed by atoms with Crippen LogP contribution >= 0.6 is 0 Å². The second-order valence-electron chi connectivity index (χ2n) is 4.98. The zero-order valence-electron chi connectivity index (χ0n) is 11.3. The SMILES string of the molecule is CC1(C)C(=O)NC(=O)CN1C(=O)c1cn(CCN)nn1. The number of aromatic nitrogens is 3. The van der Waals surface area contributed by atoms with Gasteiger partial charge in [-0.3, -0.25) is 24.4 Å². The molecule has 2 rings (SSSR count). The molecule has 9 heteroatoms. The quantitative estimate of drug-likeness (QED) is 0.624. The molecule has 20 heavy (non-hydrogen) atoms. The number of nitrogens with one attached hydrogen (secondary N) is 1. The van der Waals surface area contributed by atoms with Gasteiger partial charge in [0.15, 0.2) is 5.69 Å². The van der Waals surface area contributed by atoms with Crippen molar-refractivity contribution in [3.63, 3.8) is 0 Å². The fraction of sp³-hybridized carbons (Fsp3) is 0.545. The number of nitrogens with zero attached hydrogens (tertiary/aromatic N) is 4. The number of hydrogen-bond donors (Lipinski definition) is 2. The van der Waals surface area contributed by atoms with E-state index in [1.165, 1.54) is 15.8 Å². The van der Waals surface area contributed by atoms with E-state index < -0.39 is 23.3 Å². The van der Waals surface area contributed by atoms with Gasteiger partial charge in [-0.1, -0.05) is 5.21 Å². The molecule has 1 fully saturated rings. The van der Waals surface area contributed by atoms with Crippen LogP contribution in [0.2, 0.25) is 0 Å². The van der Waals surface area contributed by atoms with Crippen LogP contribution in [0.4, 0.5) is 0 Å². The number of amides is 3. The third kappa shape index (κ3) is 2.39. The van der Waals surface area contributed by atoms with E-state index in [1.54, 1.807) is 13.8 Å². The van der Waals surface area contributed by atoms with E-state index in [0.717, 1.165) is 0 Å². The lowest BCUT2D eigenvalue weighted by molar-refractivity contribution is -0.143. The molecule has 0 atom stereocenters. The zero-order chi connectivity index (χ0) is 14.9. The highest BCUT2D eigenvalue weighted by molar-refractivity contribution is 6.08. The molecule has 0 unspecified atom stereocenters. The van der Waals surface area contributed by atoms with Crippen molar-refractivity contribution in [2.45, 2.75) is 25.9 Å². The molecule has 3 amide bonds. The van der Waals surface area contributed by atoms with Crippen molar-refractivity contribution in [1.82, 2.24) is 25.2 Å². The lowest BCUT2D eigenvalue weighted by Gasteiger charge is -2.39. The van der Waals surface area contributed by atoms with Gasteiger partial charge in [0.2, 0.25) is 5.91 Å². The van der Waals surface area contributed by atoms with Gasteiger partial charge in [0, 0.05) is 6.54 Å². The van der Waals surface area contributed by atoms with Crippen molar-refractivity contribution in [2.75, 3.05) is 13.1 Å². The second-order valence-corrected chi connectivity index (χ2v) is 4.98. The molecule has 0 aliphatic carbocycles. The number of carbonyl (C=O) groups is 3. The average Bonchev–Trinajstić information content (AvgIpc) is 2.82. The van der Waals surface area contributed by atoms with Gasteiger partial charge in [-0.2, -0.15) is 0 Å². The molecule has 0 saturated carbocycles. The van der Waals surface area contributed by atoms with E-state index in [9.17, 15) is 14.4 Å². The normalized spacial score (nSPS) is 18.1. The number of carbonyl (C=O) groups excluding carboxylic acids is 3. The van der Waals surface area contributed by atoms with E-state index in [0.29, 0.717) is 13.1 Å². The Hall–Kier alpha value is -2.29. The summed E-state index contributed by atoms with van der Waals surface area (Å²) in [6, 6.07) is 0. The minimum Gasteiger partial charge on any atom is -0.329 e. The van der Waals surface area contributed by atoms with E-state index in [2.05, 4.69) is 15.6 Å². The Morgan fingerprint density at radius 3 is 2.85 bits per heavy atom. The molecular formula is C11H16N6O3. The van der Waals surface area contributed by atoms with E-state index in [-0.39, 0.29) is 12.2 Å².